The highest BCUT2D eigenvalue weighted by atomic mass is 16.6. The number of hydrogen-bond donors (Lipinski definition) is 3. The maximum absolute atomic E-state index is 13.2. The lowest BCUT2D eigenvalue weighted by atomic mass is 9.98. The minimum absolute atomic E-state index is 0.0117. The van der Waals surface area contributed by atoms with Crippen LogP contribution in [0.1, 0.15) is 78.2 Å². The molecule has 4 aliphatic rings. The molecule has 0 saturated carbocycles. The van der Waals surface area contributed by atoms with Crippen LogP contribution in [0.2, 0.25) is 0 Å². The predicted octanol–water partition coefficient (Wildman–Crippen LogP) is 2.71. The summed E-state index contributed by atoms with van der Waals surface area (Å²) in [7, 11) is 0. The monoisotopic (exact) mass is 583 g/mol. The fourth-order valence-corrected chi connectivity index (χ4v) is 6.32. The van der Waals surface area contributed by atoms with Gasteiger partial charge in [-0.05, 0) is 52.4 Å². The molecule has 2 unspecified atom stereocenters. The van der Waals surface area contributed by atoms with Crippen molar-refractivity contribution in [3.8, 4) is 0 Å². The van der Waals surface area contributed by atoms with E-state index in [1.165, 1.54) is 0 Å². The summed E-state index contributed by atoms with van der Waals surface area (Å²) in [6, 6.07) is 0.135. The first-order valence-electron chi connectivity index (χ1n) is 15.0. The quantitative estimate of drug-likeness (QED) is 0.462. The number of nitrogens with one attached hydrogen (secondary N) is 3. The van der Waals surface area contributed by atoms with Crippen LogP contribution >= 0.6 is 0 Å². The molecule has 228 valence electrons. The highest BCUT2D eigenvalue weighted by Crippen LogP contribution is 2.38. The SMILES string of the molecule is CC(C)c1cnn2c(NC3CC4CCC(C3)N4C(=O)OC3CN(C(=O)OC(C)(C)C)C3)nc(N[C@@H]3CNC(=O)C3)nc12. The Bertz CT molecular complexity index is 1350. The highest BCUT2D eigenvalue weighted by Gasteiger charge is 2.46. The molecule has 14 nitrogen and oxygen atoms in total. The van der Waals surface area contributed by atoms with Gasteiger partial charge in [0, 0.05) is 36.7 Å². The van der Waals surface area contributed by atoms with Crippen LogP contribution in [0.25, 0.3) is 5.65 Å². The minimum atomic E-state index is -0.561. The predicted molar refractivity (Wildman–Crippen MR) is 153 cm³/mol. The first kappa shape index (κ1) is 28.3. The van der Waals surface area contributed by atoms with Gasteiger partial charge in [-0.2, -0.15) is 19.6 Å². The lowest BCUT2D eigenvalue weighted by Gasteiger charge is -2.42. The molecule has 2 aromatic rings. The molecule has 6 heterocycles. The lowest BCUT2D eigenvalue weighted by Crippen LogP contribution is -2.58. The normalized spacial score (nSPS) is 25.9. The number of likely N-dealkylation sites (tertiary alicyclic amines) is 1. The number of carbonyl (C=O) groups is 3. The van der Waals surface area contributed by atoms with Crippen molar-refractivity contribution in [2.45, 2.75) is 109 Å². The smallest absolute Gasteiger partial charge is 0.410 e. The van der Waals surface area contributed by atoms with Gasteiger partial charge in [-0.15, -0.1) is 0 Å². The van der Waals surface area contributed by atoms with Gasteiger partial charge < -0.3 is 35.2 Å². The first-order valence-corrected chi connectivity index (χ1v) is 15.0. The maximum Gasteiger partial charge on any atom is 0.410 e. The minimum Gasteiger partial charge on any atom is -0.444 e. The van der Waals surface area contributed by atoms with Gasteiger partial charge in [0.25, 0.3) is 0 Å². The molecule has 0 radical (unpaired) electrons. The topological polar surface area (TPSA) is 155 Å². The summed E-state index contributed by atoms with van der Waals surface area (Å²) < 4.78 is 12.9. The standard InChI is InChI=1S/C28H41N9O5/c1-15(2)21-12-30-37-23(21)33-24(31-17-10-22(38)29-11-17)34-25(37)32-16-8-18-6-7-19(9-16)36(18)27(40)41-20-13-35(14-20)26(39)42-28(3,4)5/h12,15-20H,6-11,13-14H2,1-5H3,(H,29,38)(H2,31,32,33,34)/t16?,17-,18?,19?/m0/s1. The average Bonchev–Trinajstić information content (AvgIpc) is 3.55. The van der Waals surface area contributed by atoms with Crippen molar-refractivity contribution in [1.82, 2.24) is 34.7 Å². The molecule has 0 aromatic carbocycles. The fraction of sp³-hybridized carbons (Fsp3) is 0.714. The Morgan fingerprint density at radius 2 is 1.76 bits per heavy atom. The zero-order valence-corrected chi connectivity index (χ0v) is 24.9. The fourth-order valence-electron chi connectivity index (χ4n) is 6.32. The number of fused-ring (bicyclic) bond motifs is 3. The summed E-state index contributed by atoms with van der Waals surface area (Å²) in [5, 5.41) is 14.3. The van der Waals surface area contributed by atoms with Gasteiger partial charge in [-0.1, -0.05) is 13.8 Å². The molecular weight excluding hydrogens is 542 g/mol. The molecule has 42 heavy (non-hydrogen) atoms. The van der Waals surface area contributed by atoms with Crippen LogP contribution in [0.4, 0.5) is 21.5 Å². The molecular formula is C28H41N9O5. The largest absolute Gasteiger partial charge is 0.444 e. The third kappa shape index (κ3) is 5.75. The van der Waals surface area contributed by atoms with Gasteiger partial charge in [0.1, 0.15) is 11.7 Å². The number of carbonyl (C=O) groups excluding carboxylic acids is 3. The molecule has 0 aliphatic carbocycles. The van der Waals surface area contributed by atoms with Crippen molar-refractivity contribution in [3.05, 3.63) is 11.8 Å². The number of piperidine rings is 1. The zero-order chi connectivity index (χ0) is 29.8. The van der Waals surface area contributed by atoms with E-state index < -0.39 is 5.60 Å². The summed E-state index contributed by atoms with van der Waals surface area (Å²) in [5.41, 5.74) is 1.18. The summed E-state index contributed by atoms with van der Waals surface area (Å²) in [6.07, 6.45) is 4.55. The van der Waals surface area contributed by atoms with Crippen molar-refractivity contribution < 1.29 is 23.9 Å². The van der Waals surface area contributed by atoms with Gasteiger partial charge in [0.05, 0.1) is 25.3 Å². The van der Waals surface area contributed by atoms with Gasteiger partial charge in [-0.25, -0.2) is 9.59 Å². The van der Waals surface area contributed by atoms with Crippen LogP contribution in [0, 0.1) is 0 Å². The Balaban J connectivity index is 1.10. The van der Waals surface area contributed by atoms with Gasteiger partial charge in [-0.3, -0.25) is 4.79 Å². The number of hydrogen-bond acceptors (Lipinski definition) is 10. The van der Waals surface area contributed by atoms with Crippen molar-refractivity contribution in [2.24, 2.45) is 0 Å². The number of rotatable bonds is 6. The molecule has 4 saturated heterocycles. The first-order chi connectivity index (χ1) is 19.9. The maximum atomic E-state index is 13.2. The number of nitrogens with zero attached hydrogens (tertiary/aromatic N) is 6. The van der Waals surface area contributed by atoms with Crippen LogP contribution in [0.15, 0.2) is 6.20 Å². The van der Waals surface area contributed by atoms with Crippen LogP contribution < -0.4 is 16.0 Å². The van der Waals surface area contributed by atoms with E-state index in [0.717, 1.165) is 36.9 Å². The Labute approximate surface area is 244 Å². The van der Waals surface area contributed by atoms with Crippen LogP contribution in [0.5, 0.6) is 0 Å². The van der Waals surface area contributed by atoms with E-state index in [4.69, 9.17) is 19.4 Å². The van der Waals surface area contributed by atoms with Crippen molar-refractivity contribution >= 4 is 35.6 Å². The summed E-state index contributed by atoms with van der Waals surface area (Å²) in [5.74, 6) is 1.28. The molecule has 4 fully saturated rings. The van der Waals surface area contributed by atoms with Crippen LogP contribution in [-0.2, 0) is 14.3 Å². The van der Waals surface area contributed by atoms with Crippen molar-refractivity contribution in [3.63, 3.8) is 0 Å². The van der Waals surface area contributed by atoms with Gasteiger partial charge >= 0.3 is 12.2 Å². The molecule has 2 bridgehead atoms. The van der Waals surface area contributed by atoms with Crippen LogP contribution in [-0.4, -0.2) is 103 Å². The Morgan fingerprint density at radius 3 is 2.38 bits per heavy atom. The molecule has 4 aliphatic heterocycles. The summed E-state index contributed by atoms with van der Waals surface area (Å²) in [6.45, 7) is 10.9. The van der Waals surface area contributed by atoms with Gasteiger partial charge in [0.15, 0.2) is 5.65 Å². The molecule has 3 N–H and O–H groups in total. The van der Waals surface area contributed by atoms with E-state index in [-0.39, 0.29) is 54.3 Å². The van der Waals surface area contributed by atoms with E-state index in [0.29, 0.717) is 38.0 Å². The molecule has 3 atom stereocenters. The second-order valence-corrected chi connectivity index (χ2v) is 13.2. The summed E-state index contributed by atoms with van der Waals surface area (Å²) in [4.78, 5) is 50.1. The zero-order valence-electron chi connectivity index (χ0n) is 24.9. The van der Waals surface area contributed by atoms with E-state index in [1.807, 2.05) is 31.9 Å². The number of anilines is 2. The van der Waals surface area contributed by atoms with E-state index in [9.17, 15) is 14.4 Å². The van der Waals surface area contributed by atoms with Crippen LogP contribution in [0.3, 0.4) is 0 Å². The van der Waals surface area contributed by atoms with E-state index in [1.54, 1.807) is 9.42 Å². The summed E-state index contributed by atoms with van der Waals surface area (Å²) >= 11 is 0. The van der Waals surface area contributed by atoms with E-state index in [2.05, 4.69) is 34.9 Å². The molecule has 2 aromatic heterocycles. The molecule has 14 heteroatoms. The van der Waals surface area contributed by atoms with Gasteiger partial charge in [0.2, 0.25) is 17.8 Å². The third-order valence-electron chi connectivity index (χ3n) is 8.37. The van der Waals surface area contributed by atoms with Crippen molar-refractivity contribution in [2.75, 3.05) is 30.3 Å². The molecule has 3 amide bonds. The second kappa shape index (κ2) is 10.8. The Hall–Kier alpha value is -3.84. The Morgan fingerprint density at radius 1 is 1.05 bits per heavy atom. The second-order valence-electron chi connectivity index (χ2n) is 13.2. The Kier molecular flexibility index (Phi) is 7.26. The highest BCUT2D eigenvalue weighted by molar-refractivity contribution is 5.79. The lowest BCUT2D eigenvalue weighted by molar-refractivity contribution is -0.119. The molecule has 0 spiro atoms. The van der Waals surface area contributed by atoms with Crippen molar-refractivity contribution in [1.29, 1.82) is 0 Å². The third-order valence-corrected chi connectivity index (χ3v) is 8.37. The average molecular weight is 584 g/mol. The number of aromatic nitrogens is 4. The van der Waals surface area contributed by atoms with E-state index >= 15 is 0 Å². The molecule has 6 rings (SSSR count). The number of ether oxygens (including phenoxy) is 2. The number of amides is 3.